The molecule has 1 amide bonds. The van der Waals surface area contributed by atoms with Crippen molar-refractivity contribution in [2.45, 2.75) is 52.1 Å². The number of benzene rings is 1. The van der Waals surface area contributed by atoms with E-state index in [9.17, 15) is 4.79 Å². The first-order valence-corrected chi connectivity index (χ1v) is 14.2. The Morgan fingerprint density at radius 2 is 1.85 bits per heavy atom. The molecule has 41 heavy (non-hydrogen) atoms. The largest absolute Gasteiger partial charge is 0.466 e. The number of aromatic nitrogens is 4. The number of fused-ring (bicyclic) bond motifs is 2. The molecule has 1 aliphatic carbocycles. The molecular formula is C31H38N6O4. The second-order valence-electron chi connectivity index (χ2n) is 12.1. The molecule has 0 radical (unpaired) electrons. The highest BCUT2D eigenvalue weighted by Crippen LogP contribution is 2.46. The highest BCUT2D eigenvalue weighted by atomic mass is 16.7. The van der Waals surface area contributed by atoms with Crippen molar-refractivity contribution in [2.75, 3.05) is 45.0 Å². The zero-order chi connectivity index (χ0) is 28.9. The lowest BCUT2D eigenvalue weighted by molar-refractivity contribution is 0.0240. The van der Waals surface area contributed by atoms with Crippen LogP contribution in [0.25, 0.3) is 33.2 Å². The van der Waals surface area contributed by atoms with Gasteiger partial charge >= 0.3 is 6.09 Å². The van der Waals surface area contributed by atoms with Crippen LogP contribution in [0.5, 0.6) is 5.75 Å². The molecule has 6 rings (SSSR count). The van der Waals surface area contributed by atoms with Crippen LogP contribution in [0.15, 0.2) is 30.6 Å². The number of carbonyl (C=O) groups excluding carboxylic acids is 1. The Balaban J connectivity index is 1.34. The van der Waals surface area contributed by atoms with E-state index in [0.717, 1.165) is 76.1 Å². The summed E-state index contributed by atoms with van der Waals surface area (Å²) in [6.07, 6.45) is 5.98. The topological polar surface area (TPSA) is 94.8 Å². The van der Waals surface area contributed by atoms with Gasteiger partial charge in [-0.25, -0.2) is 14.8 Å². The summed E-state index contributed by atoms with van der Waals surface area (Å²) in [6.45, 7) is 10.5. The Kier molecular flexibility index (Phi) is 6.97. The van der Waals surface area contributed by atoms with E-state index in [2.05, 4.69) is 28.2 Å². The molecule has 10 nitrogen and oxygen atoms in total. The number of piperazine rings is 1. The lowest BCUT2D eigenvalue weighted by Crippen LogP contribution is -2.50. The second-order valence-corrected chi connectivity index (χ2v) is 12.1. The van der Waals surface area contributed by atoms with Gasteiger partial charge in [0.15, 0.2) is 12.4 Å². The molecular weight excluding hydrogens is 520 g/mol. The van der Waals surface area contributed by atoms with Gasteiger partial charge in [-0.2, -0.15) is 5.10 Å². The normalized spacial score (nSPS) is 16.0. The summed E-state index contributed by atoms with van der Waals surface area (Å²) >= 11 is 0. The van der Waals surface area contributed by atoms with Gasteiger partial charge < -0.3 is 24.0 Å². The number of hydrogen-bond acceptors (Lipinski definition) is 8. The van der Waals surface area contributed by atoms with Gasteiger partial charge in [-0.3, -0.25) is 4.68 Å². The summed E-state index contributed by atoms with van der Waals surface area (Å²) < 4.78 is 18.7. The quantitative estimate of drug-likeness (QED) is 0.290. The maximum absolute atomic E-state index is 12.5. The average molecular weight is 559 g/mol. The van der Waals surface area contributed by atoms with Crippen molar-refractivity contribution < 1.29 is 19.0 Å². The molecule has 1 aromatic carbocycles. The summed E-state index contributed by atoms with van der Waals surface area (Å²) in [6, 6.07) is 6.53. The molecule has 4 heterocycles. The summed E-state index contributed by atoms with van der Waals surface area (Å²) in [5, 5.41) is 6.76. The number of anilines is 1. The van der Waals surface area contributed by atoms with Gasteiger partial charge in [-0.1, -0.05) is 0 Å². The zero-order valence-corrected chi connectivity index (χ0v) is 24.7. The van der Waals surface area contributed by atoms with Crippen molar-refractivity contribution in [1.29, 1.82) is 0 Å². The van der Waals surface area contributed by atoms with Crippen LogP contribution in [0.4, 0.5) is 10.5 Å². The monoisotopic (exact) mass is 558 g/mol. The predicted molar refractivity (Wildman–Crippen MR) is 158 cm³/mol. The molecule has 0 N–H and O–H groups in total. The maximum atomic E-state index is 12.5. The number of carbonyl (C=O) groups is 1. The van der Waals surface area contributed by atoms with E-state index in [0.29, 0.717) is 19.0 Å². The van der Waals surface area contributed by atoms with Gasteiger partial charge in [0.1, 0.15) is 11.4 Å². The number of amides is 1. The van der Waals surface area contributed by atoms with Crippen molar-refractivity contribution in [3.8, 4) is 17.0 Å². The van der Waals surface area contributed by atoms with E-state index in [4.69, 9.17) is 24.2 Å². The van der Waals surface area contributed by atoms with Crippen LogP contribution in [-0.4, -0.2) is 76.4 Å². The summed E-state index contributed by atoms with van der Waals surface area (Å²) in [4.78, 5) is 26.5. The molecule has 1 saturated heterocycles. The molecule has 1 saturated carbocycles. The third kappa shape index (κ3) is 5.53. The van der Waals surface area contributed by atoms with Crippen molar-refractivity contribution in [2.24, 2.45) is 7.05 Å². The zero-order valence-electron chi connectivity index (χ0n) is 24.7. The fourth-order valence-corrected chi connectivity index (χ4v) is 5.56. The lowest BCUT2D eigenvalue weighted by Gasteiger charge is -2.36. The van der Waals surface area contributed by atoms with Crippen molar-refractivity contribution >= 4 is 33.7 Å². The molecule has 1 aliphatic heterocycles. The minimum absolute atomic E-state index is 0.137. The summed E-state index contributed by atoms with van der Waals surface area (Å²) in [5.41, 5.74) is 6.16. The molecule has 0 atom stereocenters. The summed E-state index contributed by atoms with van der Waals surface area (Å²) in [7, 11) is 3.54. The van der Waals surface area contributed by atoms with E-state index in [1.807, 2.05) is 51.8 Å². The number of ether oxygens (including phenoxy) is 3. The minimum Gasteiger partial charge on any atom is -0.466 e. The Morgan fingerprint density at radius 3 is 2.54 bits per heavy atom. The average Bonchev–Trinajstić information content (AvgIpc) is 3.71. The number of aryl methyl sites for hydroxylation is 2. The van der Waals surface area contributed by atoms with Crippen LogP contribution in [0.1, 0.15) is 50.7 Å². The van der Waals surface area contributed by atoms with Gasteiger partial charge in [0, 0.05) is 68.4 Å². The van der Waals surface area contributed by atoms with Crippen LogP contribution < -0.4 is 9.64 Å². The van der Waals surface area contributed by atoms with Crippen LogP contribution in [0.3, 0.4) is 0 Å². The Labute approximate surface area is 240 Å². The SMILES string of the molecule is COCOc1c(-c2cc(C3CC3)c3cc(N4CCN(C(=O)OC(C)(C)C)CC4)cnc3n2)cc2cn(C)nc2c1C. The molecule has 216 valence electrons. The van der Waals surface area contributed by atoms with Gasteiger partial charge in [0.05, 0.1) is 23.1 Å². The number of nitrogens with zero attached hydrogens (tertiary/aromatic N) is 6. The highest BCUT2D eigenvalue weighted by molar-refractivity contribution is 5.93. The predicted octanol–water partition coefficient (Wildman–Crippen LogP) is 5.41. The molecule has 0 spiro atoms. The number of rotatable bonds is 6. The van der Waals surface area contributed by atoms with Gasteiger partial charge in [-0.05, 0) is 70.2 Å². The van der Waals surface area contributed by atoms with E-state index in [-0.39, 0.29) is 12.9 Å². The lowest BCUT2D eigenvalue weighted by atomic mass is 9.99. The fourth-order valence-electron chi connectivity index (χ4n) is 5.56. The van der Waals surface area contributed by atoms with E-state index in [1.54, 1.807) is 12.0 Å². The van der Waals surface area contributed by atoms with Crippen molar-refractivity contribution in [3.63, 3.8) is 0 Å². The summed E-state index contributed by atoms with van der Waals surface area (Å²) in [5.74, 6) is 1.22. The van der Waals surface area contributed by atoms with Crippen molar-refractivity contribution in [1.82, 2.24) is 24.6 Å². The Morgan fingerprint density at radius 1 is 1.10 bits per heavy atom. The smallest absolute Gasteiger partial charge is 0.410 e. The van der Waals surface area contributed by atoms with E-state index in [1.165, 1.54) is 5.56 Å². The maximum Gasteiger partial charge on any atom is 0.410 e. The van der Waals surface area contributed by atoms with E-state index < -0.39 is 5.60 Å². The van der Waals surface area contributed by atoms with Gasteiger partial charge in [0.2, 0.25) is 0 Å². The Bertz CT molecular complexity index is 1610. The first kappa shape index (κ1) is 27.3. The molecule has 0 unspecified atom stereocenters. The van der Waals surface area contributed by atoms with E-state index >= 15 is 0 Å². The second kappa shape index (κ2) is 10.5. The third-order valence-electron chi connectivity index (χ3n) is 7.69. The van der Waals surface area contributed by atoms with Gasteiger partial charge in [-0.15, -0.1) is 0 Å². The van der Waals surface area contributed by atoms with Crippen LogP contribution >= 0.6 is 0 Å². The number of pyridine rings is 2. The van der Waals surface area contributed by atoms with Crippen molar-refractivity contribution in [3.05, 3.63) is 41.7 Å². The first-order chi connectivity index (χ1) is 19.6. The molecule has 2 aliphatic rings. The number of methoxy groups -OCH3 is 1. The minimum atomic E-state index is -0.499. The van der Waals surface area contributed by atoms with Crippen LogP contribution in [0.2, 0.25) is 0 Å². The number of hydrogen-bond donors (Lipinski definition) is 0. The molecule has 2 fully saturated rings. The molecule has 10 heteroatoms. The van der Waals surface area contributed by atoms with Gasteiger partial charge in [0.25, 0.3) is 0 Å². The fraction of sp³-hybridized carbons (Fsp3) is 0.484. The highest BCUT2D eigenvalue weighted by Gasteiger charge is 2.29. The first-order valence-electron chi connectivity index (χ1n) is 14.2. The standard InChI is InChI=1S/C31H38N6O4/c1-19-27-21(17-35(5)34-27)13-25(28(19)40-18-39-6)26-15-23(20-7-8-20)24-14-22(16-32-29(24)33-26)36-9-11-37(12-10-36)30(38)41-31(2,3)4/h13-17,20H,7-12,18H2,1-6H3. The third-order valence-corrected chi connectivity index (χ3v) is 7.69. The van der Waals surface area contributed by atoms with Crippen LogP contribution in [-0.2, 0) is 16.5 Å². The molecule has 0 bridgehead atoms. The molecule has 3 aromatic heterocycles. The Hall–Kier alpha value is -3.92. The molecule has 4 aromatic rings. The van der Waals surface area contributed by atoms with Crippen LogP contribution in [0, 0.1) is 6.92 Å².